The molecule has 1 heterocycles. The van der Waals surface area contributed by atoms with Crippen LogP contribution in [0.25, 0.3) is 0 Å². The second-order valence-corrected chi connectivity index (χ2v) is 7.09. The van der Waals surface area contributed by atoms with Crippen molar-refractivity contribution >= 4 is 11.6 Å². The zero-order chi connectivity index (χ0) is 25.4. The van der Waals surface area contributed by atoms with Gasteiger partial charge in [0.2, 0.25) is 5.88 Å². The second-order valence-electron chi connectivity index (χ2n) is 7.09. The predicted octanol–water partition coefficient (Wildman–Crippen LogP) is 4.20. The fourth-order valence-corrected chi connectivity index (χ4v) is 3.11. The third-order valence-corrected chi connectivity index (χ3v) is 4.86. The lowest BCUT2D eigenvalue weighted by Gasteiger charge is -2.19. The number of rotatable bonds is 10. The van der Waals surface area contributed by atoms with Crippen LogP contribution in [0.2, 0.25) is 0 Å². The number of pyridine rings is 1. The molecule has 10 nitrogen and oxygen atoms in total. The number of hydrogen-bond acceptors (Lipinski definition) is 8. The molecule has 35 heavy (non-hydrogen) atoms. The highest BCUT2D eigenvalue weighted by atomic mass is 19.1. The number of nitrogens with one attached hydrogen (secondary N) is 1. The highest BCUT2D eigenvalue weighted by molar-refractivity contribution is 5.82. The number of methoxy groups -OCH3 is 1. The van der Waals surface area contributed by atoms with Crippen molar-refractivity contribution in [2.45, 2.75) is 19.6 Å². The summed E-state index contributed by atoms with van der Waals surface area (Å²) in [5.41, 5.74) is 0.632. The Morgan fingerprint density at radius 1 is 1.26 bits per heavy atom. The molecule has 3 rings (SSSR count). The van der Waals surface area contributed by atoms with Crippen LogP contribution in [-0.2, 0) is 16.1 Å². The first kappa shape index (κ1) is 25.1. The van der Waals surface area contributed by atoms with Gasteiger partial charge in [-0.05, 0) is 31.2 Å². The van der Waals surface area contributed by atoms with Gasteiger partial charge in [-0.1, -0.05) is 6.07 Å². The number of amides is 1. The predicted molar refractivity (Wildman–Crippen MR) is 121 cm³/mol. The van der Waals surface area contributed by atoms with Crippen molar-refractivity contribution in [3.05, 3.63) is 87.3 Å². The van der Waals surface area contributed by atoms with Crippen molar-refractivity contribution in [1.82, 2.24) is 10.3 Å². The molecule has 0 fully saturated rings. The summed E-state index contributed by atoms with van der Waals surface area (Å²) >= 11 is 0. The average Bonchev–Trinajstić information content (AvgIpc) is 2.86. The quantitative estimate of drug-likeness (QED) is 0.337. The fraction of sp³-hybridized carbons (Fsp3) is 0.208. The van der Waals surface area contributed by atoms with Gasteiger partial charge in [0, 0.05) is 42.5 Å². The van der Waals surface area contributed by atoms with E-state index in [0.29, 0.717) is 16.9 Å². The fourth-order valence-electron chi connectivity index (χ4n) is 3.11. The Hall–Kier alpha value is -4.56. The number of aromatic nitrogens is 1. The van der Waals surface area contributed by atoms with Crippen LogP contribution >= 0.6 is 0 Å². The number of hydrogen-bond donors (Lipinski definition) is 1. The van der Waals surface area contributed by atoms with Gasteiger partial charge in [0.25, 0.3) is 11.6 Å². The number of nitriles is 1. The Bertz CT molecular complexity index is 1260. The summed E-state index contributed by atoms with van der Waals surface area (Å²) in [5, 5.41) is 22.7. The van der Waals surface area contributed by atoms with Crippen molar-refractivity contribution < 1.29 is 28.3 Å². The van der Waals surface area contributed by atoms with Gasteiger partial charge in [-0.15, -0.1) is 0 Å². The van der Waals surface area contributed by atoms with Gasteiger partial charge in [0.05, 0.1) is 23.7 Å². The maximum Gasteiger partial charge on any atom is 0.287 e. The summed E-state index contributed by atoms with van der Waals surface area (Å²) < 4.78 is 30.8. The van der Waals surface area contributed by atoms with Gasteiger partial charge in [-0.3, -0.25) is 14.9 Å². The lowest BCUT2D eigenvalue weighted by atomic mass is 10.1. The first-order valence-electron chi connectivity index (χ1n) is 10.4. The minimum atomic E-state index is -1.20. The summed E-state index contributed by atoms with van der Waals surface area (Å²) in [6.45, 7) is 1.82. The number of carbonyl (C=O) groups excluding carboxylic acids is 1. The van der Waals surface area contributed by atoms with Crippen LogP contribution < -0.4 is 14.8 Å². The molecule has 0 aliphatic heterocycles. The van der Waals surface area contributed by atoms with E-state index in [4.69, 9.17) is 14.2 Å². The van der Waals surface area contributed by atoms with Crippen molar-refractivity contribution in [3.8, 4) is 23.4 Å². The minimum absolute atomic E-state index is 0.0335. The molecule has 1 amide bonds. The molecule has 1 atom stereocenters. The molecule has 0 radical (unpaired) electrons. The third kappa shape index (κ3) is 6.27. The highest BCUT2D eigenvalue weighted by Gasteiger charge is 2.25. The first-order valence-corrected chi connectivity index (χ1v) is 10.4. The van der Waals surface area contributed by atoms with E-state index in [9.17, 15) is 24.6 Å². The van der Waals surface area contributed by atoms with Gasteiger partial charge in [-0.2, -0.15) is 5.26 Å². The van der Waals surface area contributed by atoms with Crippen molar-refractivity contribution in [3.63, 3.8) is 0 Å². The van der Waals surface area contributed by atoms with Gasteiger partial charge in [0.15, 0.2) is 6.10 Å². The summed E-state index contributed by atoms with van der Waals surface area (Å²) in [5.74, 6) is -0.648. The van der Waals surface area contributed by atoms with E-state index in [2.05, 4.69) is 10.3 Å². The van der Waals surface area contributed by atoms with E-state index in [0.717, 1.165) is 6.20 Å². The second kappa shape index (κ2) is 11.5. The number of halogens is 1. The average molecular weight is 480 g/mol. The van der Waals surface area contributed by atoms with Gasteiger partial charge < -0.3 is 19.5 Å². The van der Waals surface area contributed by atoms with E-state index in [1.807, 2.05) is 6.07 Å². The van der Waals surface area contributed by atoms with Crippen LogP contribution in [0.3, 0.4) is 0 Å². The Kier molecular flexibility index (Phi) is 8.26. The molecule has 0 saturated heterocycles. The van der Waals surface area contributed by atoms with E-state index in [1.165, 1.54) is 43.5 Å². The summed E-state index contributed by atoms with van der Waals surface area (Å²) in [6, 6.07) is 13.2. The largest absolute Gasteiger partial charge is 0.497 e. The summed E-state index contributed by atoms with van der Waals surface area (Å²) in [7, 11) is 1.41. The van der Waals surface area contributed by atoms with Crippen molar-refractivity contribution in [2.75, 3.05) is 13.7 Å². The number of benzene rings is 2. The molecule has 0 aliphatic carbocycles. The van der Waals surface area contributed by atoms with Crippen LogP contribution in [0, 0.1) is 27.3 Å². The molecule has 0 spiro atoms. The van der Waals surface area contributed by atoms with Crippen LogP contribution in [0.15, 0.2) is 54.7 Å². The normalized spacial score (nSPS) is 11.3. The molecule has 0 saturated carbocycles. The summed E-state index contributed by atoms with van der Waals surface area (Å²) in [4.78, 5) is 27.0. The molecule has 1 N–H and O–H groups in total. The Balaban J connectivity index is 1.80. The van der Waals surface area contributed by atoms with Gasteiger partial charge in [0.1, 0.15) is 23.5 Å². The van der Waals surface area contributed by atoms with Crippen molar-refractivity contribution in [2.24, 2.45) is 0 Å². The van der Waals surface area contributed by atoms with Crippen LogP contribution in [-0.4, -0.2) is 29.5 Å². The van der Waals surface area contributed by atoms with Gasteiger partial charge >= 0.3 is 0 Å². The maximum absolute atomic E-state index is 14.6. The lowest BCUT2D eigenvalue weighted by Crippen LogP contribution is -2.31. The van der Waals surface area contributed by atoms with Crippen molar-refractivity contribution in [1.29, 1.82) is 5.26 Å². The lowest BCUT2D eigenvalue weighted by molar-refractivity contribution is -0.385. The standard InChI is InChI=1S/C24H21FN4O6/c1-3-34-23(19-8-7-18(33-2)11-20(19)25)24(30)28-13-16-5-4-15(12-26)10-21(16)35-22-9-6-17(14-27-22)29(31)32/h4-11,14,23H,3,13H2,1-2H3,(H,28,30)/t23-/m0/s1. The van der Waals surface area contributed by atoms with Gasteiger partial charge in [-0.25, -0.2) is 9.37 Å². The molecule has 1 aromatic heterocycles. The molecular weight excluding hydrogens is 459 g/mol. The van der Waals surface area contributed by atoms with Crippen LogP contribution in [0.5, 0.6) is 17.4 Å². The molecular formula is C24H21FN4O6. The summed E-state index contributed by atoms with van der Waals surface area (Å²) in [6.07, 6.45) is -0.161. The highest BCUT2D eigenvalue weighted by Crippen LogP contribution is 2.28. The molecule has 0 unspecified atom stereocenters. The van der Waals surface area contributed by atoms with E-state index in [1.54, 1.807) is 19.1 Å². The number of nitrogens with zero attached hydrogens (tertiary/aromatic N) is 3. The van der Waals surface area contributed by atoms with E-state index in [-0.39, 0.29) is 36.0 Å². The zero-order valence-electron chi connectivity index (χ0n) is 18.9. The number of ether oxygens (including phenoxy) is 3. The Morgan fingerprint density at radius 2 is 2.06 bits per heavy atom. The molecule has 0 aliphatic rings. The number of nitro groups is 1. The number of carbonyl (C=O) groups is 1. The zero-order valence-corrected chi connectivity index (χ0v) is 18.9. The first-order chi connectivity index (χ1) is 16.9. The van der Waals surface area contributed by atoms with E-state index < -0.39 is 22.8 Å². The molecule has 180 valence electrons. The topological polar surface area (TPSA) is 137 Å². The molecule has 3 aromatic rings. The SMILES string of the molecule is CCO[C@H](C(=O)NCc1ccc(C#N)cc1Oc1ccc([N+](=O)[O-])cn1)c1ccc(OC)cc1F. The van der Waals surface area contributed by atoms with Crippen LogP contribution in [0.4, 0.5) is 10.1 Å². The molecule has 0 bridgehead atoms. The maximum atomic E-state index is 14.6. The minimum Gasteiger partial charge on any atom is -0.497 e. The van der Waals surface area contributed by atoms with Crippen LogP contribution in [0.1, 0.15) is 29.7 Å². The Labute approximate surface area is 200 Å². The molecule has 11 heteroatoms. The molecule has 2 aromatic carbocycles. The smallest absolute Gasteiger partial charge is 0.287 e. The Morgan fingerprint density at radius 3 is 2.66 bits per heavy atom. The third-order valence-electron chi connectivity index (χ3n) is 4.86. The van der Waals surface area contributed by atoms with E-state index >= 15 is 0 Å². The monoisotopic (exact) mass is 480 g/mol.